The van der Waals surface area contributed by atoms with Crippen molar-refractivity contribution in [2.75, 3.05) is 13.7 Å². The number of aliphatic hydroxyl groups excluding tert-OH is 1. The molecule has 0 bridgehead atoms. The molecule has 0 spiro atoms. The number of nitrogens with two attached hydrogens (primary N) is 1. The lowest BCUT2D eigenvalue weighted by molar-refractivity contribution is 0.0994. The molecule has 1 aromatic carbocycles. The van der Waals surface area contributed by atoms with Crippen molar-refractivity contribution in [3.63, 3.8) is 0 Å². The zero-order valence-corrected chi connectivity index (χ0v) is 8.68. The maximum Gasteiger partial charge on any atom is 0.135 e. The van der Waals surface area contributed by atoms with E-state index in [-0.39, 0.29) is 6.61 Å². The fourth-order valence-corrected chi connectivity index (χ4v) is 1.11. The van der Waals surface area contributed by atoms with Gasteiger partial charge in [-0.25, -0.2) is 0 Å². The van der Waals surface area contributed by atoms with E-state index in [0.717, 1.165) is 5.56 Å². The van der Waals surface area contributed by atoms with Crippen molar-refractivity contribution in [2.24, 2.45) is 5.73 Å². The van der Waals surface area contributed by atoms with Crippen LogP contribution in [0, 0.1) is 11.8 Å². The van der Waals surface area contributed by atoms with Crippen LogP contribution in [0.3, 0.4) is 0 Å². The third-order valence-corrected chi connectivity index (χ3v) is 1.99. The predicted molar refractivity (Wildman–Crippen MR) is 59.2 cm³/mol. The van der Waals surface area contributed by atoms with Crippen LogP contribution in [0.15, 0.2) is 30.3 Å². The molecule has 15 heavy (non-hydrogen) atoms. The molecule has 0 radical (unpaired) electrons. The molecular weight excluding hydrogens is 190 g/mol. The van der Waals surface area contributed by atoms with E-state index in [2.05, 4.69) is 11.8 Å². The molecule has 0 saturated heterocycles. The van der Waals surface area contributed by atoms with Gasteiger partial charge in [-0.3, -0.25) is 0 Å². The first kappa shape index (κ1) is 11.7. The number of ether oxygens (including phenoxy) is 1. The molecule has 2 atom stereocenters. The van der Waals surface area contributed by atoms with Gasteiger partial charge in [0.25, 0.3) is 0 Å². The summed E-state index contributed by atoms with van der Waals surface area (Å²) in [5.41, 5.74) is 6.52. The summed E-state index contributed by atoms with van der Waals surface area (Å²) < 4.78 is 5.07. The van der Waals surface area contributed by atoms with Crippen LogP contribution < -0.4 is 5.73 Å². The van der Waals surface area contributed by atoms with Crippen LogP contribution in [-0.4, -0.2) is 31.0 Å². The number of aliphatic hydroxyl groups is 1. The third-order valence-electron chi connectivity index (χ3n) is 1.99. The molecule has 0 aliphatic carbocycles. The van der Waals surface area contributed by atoms with Crippen LogP contribution in [0.1, 0.15) is 5.56 Å². The summed E-state index contributed by atoms with van der Waals surface area (Å²) in [6, 6.07) is 9.11. The molecule has 0 amide bonds. The van der Waals surface area contributed by atoms with Gasteiger partial charge in [-0.15, -0.1) is 0 Å². The average molecular weight is 205 g/mol. The highest BCUT2D eigenvalue weighted by Crippen LogP contribution is 1.98. The smallest absolute Gasteiger partial charge is 0.135 e. The number of hydrogen-bond acceptors (Lipinski definition) is 3. The maximum absolute atomic E-state index is 8.86. The number of hydrogen-bond donors (Lipinski definition) is 2. The van der Waals surface area contributed by atoms with Gasteiger partial charge in [-0.05, 0) is 12.1 Å². The summed E-state index contributed by atoms with van der Waals surface area (Å²) in [6.07, 6.45) is -0.435. The first-order valence-electron chi connectivity index (χ1n) is 4.73. The molecule has 0 aliphatic heterocycles. The summed E-state index contributed by atoms with van der Waals surface area (Å²) in [6.45, 7) is -0.137. The summed E-state index contributed by atoms with van der Waals surface area (Å²) in [4.78, 5) is 0. The summed E-state index contributed by atoms with van der Waals surface area (Å²) in [5.74, 6) is 5.82. The van der Waals surface area contributed by atoms with Gasteiger partial charge in [0.15, 0.2) is 0 Å². The van der Waals surface area contributed by atoms with Gasteiger partial charge in [0.1, 0.15) is 6.10 Å². The predicted octanol–water partition coefficient (Wildman–Crippen LogP) is 0.373. The van der Waals surface area contributed by atoms with Gasteiger partial charge in [-0.1, -0.05) is 30.0 Å². The van der Waals surface area contributed by atoms with E-state index in [1.54, 1.807) is 0 Å². The highest BCUT2D eigenvalue weighted by atomic mass is 16.5. The SMILES string of the molecule is CO[C@H](C#Cc1ccccc1)[C@@H](N)CO. The molecular formula is C12H15NO2. The Kier molecular flexibility index (Phi) is 4.85. The van der Waals surface area contributed by atoms with Crippen molar-refractivity contribution >= 4 is 0 Å². The Bertz CT molecular complexity index is 340. The van der Waals surface area contributed by atoms with Crippen LogP contribution >= 0.6 is 0 Å². The summed E-state index contributed by atoms with van der Waals surface area (Å²) >= 11 is 0. The van der Waals surface area contributed by atoms with Gasteiger partial charge in [0.2, 0.25) is 0 Å². The van der Waals surface area contributed by atoms with Crippen molar-refractivity contribution in [2.45, 2.75) is 12.1 Å². The molecule has 0 saturated carbocycles. The van der Waals surface area contributed by atoms with Gasteiger partial charge in [0.05, 0.1) is 12.6 Å². The van der Waals surface area contributed by atoms with Crippen molar-refractivity contribution in [1.29, 1.82) is 0 Å². The molecule has 0 aliphatic rings. The number of methoxy groups -OCH3 is 1. The number of rotatable bonds is 3. The van der Waals surface area contributed by atoms with E-state index in [1.165, 1.54) is 7.11 Å². The lowest BCUT2D eigenvalue weighted by Crippen LogP contribution is -2.38. The minimum absolute atomic E-state index is 0.137. The van der Waals surface area contributed by atoms with Crippen LogP contribution in [0.4, 0.5) is 0 Å². The lowest BCUT2D eigenvalue weighted by atomic mass is 10.1. The fraction of sp³-hybridized carbons (Fsp3) is 0.333. The van der Waals surface area contributed by atoms with Crippen molar-refractivity contribution in [1.82, 2.24) is 0 Å². The second-order valence-corrected chi connectivity index (χ2v) is 3.14. The molecule has 80 valence electrons. The molecule has 1 rings (SSSR count). The standard InChI is InChI=1S/C12H15NO2/c1-15-12(11(13)9-14)8-7-10-5-3-2-4-6-10/h2-6,11-12,14H,9,13H2,1H3/t11-,12+/m0/s1. The van der Waals surface area contributed by atoms with Gasteiger partial charge in [-0.2, -0.15) is 0 Å². The molecule has 1 aromatic rings. The fourth-order valence-electron chi connectivity index (χ4n) is 1.11. The minimum Gasteiger partial charge on any atom is -0.395 e. The quantitative estimate of drug-likeness (QED) is 0.701. The molecule has 0 heterocycles. The second-order valence-electron chi connectivity index (χ2n) is 3.14. The van der Waals surface area contributed by atoms with E-state index in [0.29, 0.717) is 0 Å². The second kappa shape index (κ2) is 6.20. The van der Waals surface area contributed by atoms with E-state index in [9.17, 15) is 0 Å². The van der Waals surface area contributed by atoms with E-state index in [4.69, 9.17) is 15.6 Å². The Balaban J connectivity index is 2.71. The van der Waals surface area contributed by atoms with Crippen molar-refractivity contribution < 1.29 is 9.84 Å². The normalized spacial score (nSPS) is 13.8. The highest BCUT2D eigenvalue weighted by Gasteiger charge is 2.12. The largest absolute Gasteiger partial charge is 0.395 e. The zero-order valence-electron chi connectivity index (χ0n) is 8.68. The average Bonchev–Trinajstić information content (AvgIpc) is 2.31. The Morgan fingerprint density at radius 2 is 2.07 bits per heavy atom. The highest BCUT2D eigenvalue weighted by molar-refractivity contribution is 5.34. The van der Waals surface area contributed by atoms with Crippen molar-refractivity contribution in [3.8, 4) is 11.8 Å². The monoisotopic (exact) mass is 205 g/mol. The first-order chi connectivity index (χ1) is 7.27. The van der Waals surface area contributed by atoms with Crippen LogP contribution in [0.25, 0.3) is 0 Å². The lowest BCUT2D eigenvalue weighted by Gasteiger charge is -2.14. The molecule has 0 aromatic heterocycles. The van der Waals surface area contributed by atoms with Gasteiger partial charge in [0, 0.05) is 12.7 Å². The summed E-state index contributed by atoms with van der Waals surface area (Å²) in [5, 5.41) is 8.86. The topological polar surface area (TPSA) is 55.5 Å². The van der Waals surface area contributed by atoms with E-state index in [1.807, 2.05) is 30.3 Å². The third kappa shape index (κ3) is 3.72. The van der Waals surface area contributed by atoms with Crippen molar-refractivity contribution in [3.05, 3.63) is 35.9 Å². The Morgan fingerprint density at radius 3 is 2.60 bits per heavy atom. The maximum atomic E-state index is 8.86. The summed E-state index contributed by atoms with van der Waals surface area (Å²) in [7, 11) is 1.53. The molecule has 3 nitrogen and oxygen atoms in total. The molecule has 3 N–H and O–H groups in total. The first-order valence-corrected chi connectivity index (χ1v) is 4.73. The van der Waals surface area contributed by atoms with Gasteiger partial charge < -0.3 is 15.6 Å². The van der Waals surface area contributed by atoms with E-state index >= 15 is 0 Å². The molecule has 0 unspecified atom stereocenters. The van der Waals surface area contributed by atoms with E-state index < -0.39 is 12.1 Å². The Labute approximate surface area is 89.9 Å². The Morgan fingerprint density at radius 1 is 1.40 bits per heavy atom. The number of benzene rings is 1. The Hall–Kier alpha value is -1.34. The molecule has 3 heteroatoms. The van der Waals surface area contributed by atoms with Gasteiger partial charge >= 0.3 is 0 Å². The zero-order chi connectivity index (χ0) is 11.1. The van der Waals surface area contributed by atoms with Crippen LogP contribution in [0.5, 0.6) is 0 Å². The van der Waals surface area contributed by atoms with Crippen LogP contribution in [0.2, 0.25) is 0 Å². The minimum atomic E-state index is -0.466. The molecule has 0 fully saturated rings. The van der Waals surface area contributed by atoms with Crippen LogP contribution in [-0.2, 0) is 4.74 Å².